The molecule has 0 aliphatic carbocycles. The quantitative estimate of drug-likeness (QED) is 0.878. The van der Waals surface area contributed by atoms with Crippen LogP contribution in [0.1, 0.15) is 18.9 Å². The molecule has 0 fully saturated rings. The Morgan fingerprint density at radius 3 is 2.47 bits per heavy atom. The Morgan fingerprint density at radius 2 is 1.94 bits per heavy atom. The zero-order valence-corrected chi connectivity index (χ0v) is 11.6. The van der Waals surface area contributed by atoms with Gasteiger partial charge in [-0.25, -0.2) is 8.42 Å². The Balaban J connectivity index is 2.97. The molecule has 1 N–H and O–H groups in total. The molecule has 0 atom stereocenters. The molecule has 0 saturated heterocycles. The van der Waals surface area contributed by atoms with Crippen LogP contribution in [0.5, 0.6) is 0 Å². The first-order valence-electron chi connectivity index (χ1n) is 5.64. The van der Waals surface area contributed by atoms with Crippen LogP contribution in [-0.2, 0) is 10.0 Å². The molecule has 1 aromatic carbocycles. The summed E-state index contributed by atoms with van der Waals surface area (Å²) in [7, 11) is 0.666. The van der Waals surface area contributed by atoms with Crippen molar-refractivity contribution in [2.75, 3.05) is 29.5 Å². The highest BCUT2D eigenvalue weighted by Gasteiger charge is 2.10. The summed E-state index contributed by atoms with van der Waals surface area (Å²) in [5.74, 6) is 0.151. The molecule has 0 unspecified atom stereocenters. The molecule has 0 spiro atoms. The third-order valence-electron chi connectivity index (χ3n) is 2.44. The minimum absolute atomic E-state index is 0.151. The summed E-state index contributed by atoms with van der Waals surface area (Å²) in [6.07, 6.45) is 0.613. The van der Waals surface area contributed by atoms with Crippen molar-refractivity contribution in [2.24, 2.45) is 0 Å². The maximum absolute atomic E-state index is 11.6. The summed E-state index contributed by atoms with van der Waals surface area (Å²) in [6.45, 7) is 3.85. The fourth-order valence-corrected chi connectivity index (χ4v) is 2.78. The lowest BCUT2D eigenvalue weighted by molar-refractivity contribution is 0.600. The Labute approximate surface area is 104 Å². The lowest BCUT2D eigenvalue weighted by Gasteiger charge is -2.17. The van der Waals surface area contributed by atoms with Gasteiger partial charge < -0.3 is 4.90 Å². The zero-order chi connectivity index (χ0) is 13.1. The van der Waals surface area contributed by atoms with Crippen LogP contribution in [0.15, 0.2) is 18.2 Å². The number of anilines is 2. The van der Waals surface area contributed by atoms with Gasteiger partial charge in [-0.2, -0.15) is 0 Å². The fourth-order valence-electron chi connectivity index (χ4n) is 1.65. The summed E-state index contributed by atoms with van der Waals surface area (Å²) in [5.41, 5.74) is 2.75. The van der Waals surface area contributed by atoms with Crippen LogP contribution in [0.3, 0.4) is 0 Å². The number of aryl methyl sites for hydroxylation is 1. The lowest BCUT2D eigenvalue weighted by Crippen LogP contribution is -2.17. The second-order valence-corrected chi connectivity index (χ2v) is 6.16. The minimum Gasteiger partial charge on any atom is -0.377 e. The van der Waals surface area contributed by atoms with Gasteiger partial charge in [0.2, 0.25) is 10.0 Å². The molecule has 1 rings (SSSR count). The largest absolute Gasteiger partial charge is 0.377 e. The first-order valence-corrected chi connectivity index (χ1v) is 7.29. The molecule has 0 amide bonds. The number of hydrogen-bond acceptors (Lipinski definition) is 3. The van der Waals surface area contributed by atoms with Crippen LogP contribution in [0, 0.1) is 6.92 Å². The van der Waals surface area contributed by atoms with Crippen molar-refractivity contribution in [3.63, 3.8) is 0 Å². The summed E-state index contributed by atoms with van der Waals surface area (Å²) < 4.78 is 25.9. The van der Waals surface area contributed by atoms with E-state index in [9.17, 15) is 8.42 Å². The van der Waals surface area contributed by atoms with E-state index in [0.29, 0.717) is 12.1 Å². The van der Waals surface area contributed by atoms with Crippen LogP contribution < -0.4 is 9.62 Å². The van der Waals surface area contributed by atoms with Gasteiger partial charge in [-0.05, 0) is 31.0 Å². The van der Waals surface area contributed by atoms with Gasteiger partial charge in [-0.3, -0.25) is 4.72 Å². The van der Waals surface area contributed by atoms with Gasteiger partial charge in [0.1, 0.15) is 0 Å². The van der Waals surface area contributed by atoms with Gasteiger partial charge in [-0.1, -0.05) is 13.0 Å². The molecule has 0 aromatic heterocycles. The number of rotatable bonds is 5. The highest BCUT2D eigenvalue weighted by molar-refractivity contribution is 7.92. The third kappa shape index (κ3) is 3.93. The average Bonchev–Trinajstić information content (AvgIpc) is 2.20. The van der Waals surface area contributed by atoms with Gasteiger partial charge in [0, 0.05) is 19.8 Å². The van der Waals surface area contributed by atoms with Crippen molar-refractivity contribution in [1.29, 1.82) is 0 Å². The maximum Gasteiger partial charge on any atom is 0.232 e. The molecule has 5 heteroatoms. The number of hydrogen-bond donors (Lipinski definition) is 1. The van der Waals surface area contributed by atoms with E-state index >= 15 is 0 Å². The van der Waals surface area contributed by atoms with Crippen molar-refractivity contribution in [3.05, 3.63) is 23.8 Å². The molecule has 17 heavy (non-hydrogen) atoms. The topological polar surface area (TPSA) is 49.4 Å². The molecule has 0 aliphatic heterocycles. The second-order valence-electron chi connectivity index (χ2n) is 4.32. The van der Waals surface area contributed by atoms with Gasteiger partial charge in [0.25, 0.3) is 0 Å². The monoisotopic (exact) mass is 256 g/mol. The Morgan fingerprint density at radius 1 is 1.29 bits per heavy atom. The Bertz CT molecular complexity index is 481. The Kier molecular flexibility index (Phi) is 4.40. The zero-order valence-electron chi connectivity index (χ0n) is 10.8. The maximum atomic E-state index is 11.6. The Hall–Kier alpha value is -1.23. The first-order chi connectivity index (χ1) is 7.85. The van der Waals surface area contributed by atoms with E-state index in [1.807, 2.05) is 45.0 Å². The van der Waals surface area contributed by atoms with Crippen LogP contribution in [-0.4, -0.2) is 28.3 Å². The molecule has 96 valence electrons. The van der Waals surface area contributed by atoms with Crippen molar-refractivity contribution >= 4 is 21.4 Å². The molecule has 0 bridgehead atoms. The van der Waals surface area contributed by atoms with E-state index in [-0.39, 0.29) is 5.75 Å². The summed E-state index contributed by atoms with van der Waals surface area (Å²) in [4.78, 5) is 1.97. The van der Waals surface area contributed by atoms with E-state index in [4.69, 9.17) is 0 Å². The van der Waals surface area contributed by atoms with Crippen molar-refractivity contribution in [1.82, 2.24) is 0 Å². The molecular weight excluding hydrogens is 236 g/mol. The normalized spacial score (nSPS) is 11.3. The average molecular weight is 256 g/mol. The molecular formula is C12H20N2O2S. The number of nitrogens with zero attached hydrogens (tertiary/aromatic N) is 1. The van der Waals surface area contributed by atoms with Crippen molar-refractivity contribution in [2.45, 2.75) is 20.3 Å². The summed E-state index contributed by atoms with van der Waals surface area (Å²) in [5, 5.41) is 0. The van der Waals surface area contributed by atoms with Crippen LogP contribution >= 0.6 is 0 Å². The van der Waals surface area contributed by atoms with Gasteiger partial charge in [0.05, 0.1) is 11.4 Å². The predicted molar refractivity (Wildman–Crippen MR) is 73.2 cm³/mol. The van der Waals surface area contributed by atoms with E-state index in [2.05, 4.69) is 4.72 Å². The lowest BCUT2D eigenvalue weighted by atomic mass is 10.2. The molecule has 0 aliphatic rings. The van der Waals surface area contributed by atoms with Crippen LogP contribution in [0.4, 0.5) is 11.4 Å². The standard InChI is InChI=1S/C12H20N2O2S/c1-5-8-17(15,16)13-11-7-6-10(2)12(9-11)14(3)4/h6-7,9,13H,5,8H2,1-4H3. The van der Waals surface area contributed by atoms with E-state index < -0.39 is 10.0 Å². The van der Waals surface area contributed by atoms with Crippen molar-refractivity contribution < 1.29 is 8.42 Å². The van der Waals surface area contributed by atoms with E-state index in [1.54, 1.807) is 6.07 Å². The molecule has 4 nitrogen and oxygen atoms in total. The summed E-state index contributed by atoms with van der Waals surface area (Å²) >= 11 is 0. The molecule has 0 radical (unpaired) electrons. The van der Waals surface area contributed by atoms with Gasteiger partial charge >= 0.3 is 0 Å². The number of nitrogens with one attached hydrogen (secondary N) is 1. The minimum atomic E-state index is -3.21. The highest BCUT2D eigenvalue weighted by Crippen LogP contribution is 2.23. The second kappa shape index (κ2) is 5.40. The fraction of sp³-hybridized carbons (Fsp3) is 0.500. The highest BCUT2D eigenvalue weighted by atomic mass is 32.2. The predicted octanol–water partition coefficient (Wildman–Crippen LogP) is 2.21. The van der Waals surface area contributed by atoms with Crippen LogP contribution in [0.25, 0.3) is 0 Å². The molecule has 1 aromatic rings. The van der Waals surface area contributed by atoms with Crippen LogP contribution in [0.2, 0.25) is 0 Å². The molecule has 0 saturated carbocycles. The number of benzene rings is 1. The summed E-state index contributed by atoms with van der Waals surface area (Å²) in [6, 6.07) is 5.55. The van der Waals surface area contributed by atoms with Gasteiger partial charge in [-0.15, -0.1) is 0 Å². The number of sulfonamides is 1. The smallest absolute Gasteiger partial charge is 0.232 e. The van der Waals surface area contributed by atoms with E-state index in [0.717, 1.165) is 11.3 Å². The van der Waals surface area contributed by atoms with Crippen molar-refractivity contribution in [3.8, 4) is 0 Å². The third-order valence-corrected chi connectivity index (χ3v) is 3.93. The van der Waals surface area contributed by atoms with E-state index in [1.165, 1.54) is 0 Å². The molecule has 0 heterocycles. The SMILES string of the molecule is CCCS(=O)(=O)Nc1ccc(C)c(N(C)C)c1. The first kappa shape index (κ1) is 13.8. The van der Waals surface area contributed by atoms with Gasteiger partial charge in [0.15, 0.2) is 0 Å².